The quantitative estimate of drug-likeness (QED) is 0.120. The molecule has 1 aromatic carbocycles. The number of hydrogen-bond acceptors (Lipinski definition) is 11. The Morgan fingerprint density at radius 2 is 1.83 bits per heavy atom. The van der Waals surface area contributed by atoms with Crippen molar-refractivity contribution in [2.24, 2.45) is 0 Å². The molecule has 0 aliphatic carbocycles. The first-order valence-corrected chi connectivity index (χ1v) is 18.6. The molecular formula is C36H44N8O7S. The zero-order valence-corrected chi connectivity index (χ0v) is 30.7. The lowest BCUT2D eigenvalue weighted by Gasteiger charge is -2.47. The fourth-order valence-electron chi connectivity index (χ4n) is 5.77. The first-order valence-electron chi connectivity index (χ1n) is 17.0. The molecule has 1 aliphatic heterocycles. The number of benzene rings is 1. The van der Waals surface area contributed by atoms with Crippen molar-refractivity contribution in [2.45, 2.75) is 58.1 Å². The van der Waals surface area contributed by atoms with Gasteiger partial charge in [0.15, 0.2) is 5.65 Å². The van der Waals surface area contributed by atoms with Gasteiger partial charge in [0.2, 0.25) is 15.9 Å². The molecule has 15 nitrogen and oxygen atoms in total. The van der Waals surface area contributed by atoms with E-state index in [4.69, 9.17) is 14.2 Å². The molecule has 52 heavy (non-hydrogen) atoms. The lowest BCUT2D eigenvalue weighted by atomic mass is 9.89. The molecule has 0 atom stereocenters. The summed E-state index contributed by atoms with van der Waals surface area (Å²) >= 11 is 0. The molecule has 4 aromatic rings. The van der Waals surface area contributed by atoms with Crippen molar-refractivity contribution in [3.8, 4) is 23.1 Å². The second-order valence-corrected chi connectivity index (χ2v) is 15.4. The molecule has 0 radical (unpaired) electrons. The van der Waals surface area contributed by atoms with E-state index in [0.717, 1.165) is 18.4 Å². The summed E-state index contributed by atoms with van der Waals surface area (Å²) in [5.41, 5.74) is 0.973. The summed E-state index contributed by atoms with van der Waals surface area (Å²) in [5, 5.41) is 17.3. The van der Waals surface area contributed by atoms with Crippen LogP contribution < -0.4 is 10.1 Å². The summed E-state index contributed by atoms with van der Waals surface area (Å²) in [6.45, 7) is 12.7. The minimum atomic E-state index is -3.39. The molecule has 1 amide bonds. The zero-order valence-electron chi connectivity index (χ0n) is 29.9. The molecule has 0 unspecified atom stereocenters. The standard InChI is InChI=1S/C36H44N8O7S/c1-6-52(47,48)42-23-36(24-42,14-15-37)44-22-27(21-41-44)31-30-13-17-43(32(30)40-25-39-31)34(46)51-35(4,5)28-9-11-29(12-10-28)50-19-8-7-18-49-20-16-38-33(45)26(2)3/h9-13,17,21-22,25H,2,6-8,14,16,18-20,23-24H2,1,3-5H3,(H,38,45). The summed E-state index contributed by atoms with van der Waals surface area (Å²) in [5.74, 6) is 0.501. The highest BCUT2D eigenvalue weighted by atomic mass is 32.2. The fourth-order valence-corrected chi connectivity index (χ4v) is 7.01. The van der Waals surface area contributed by atoms with Crippen LogP contribution in [0.5, 0.6) is 5.75 Å². The van der Waals surface area contributed by atoms with Crippen LogP contribution in [0.25, 0.3) is 22.3 Å². The Bertz CT molecular complexity index is 2060. The van der Waals surface area contributed by atoms with Crippen LogP contribution in [0.4, 0.5) is 4.79 Å². The fraction of sp³-hybridized carbons (Fsp3) is 0.444. The SMILES string of the molecule is C=C(C)C(=O)NCCOCCCCOc1ccc(C(C)(C)OC(=O)n2ccc3c(-c4cnn(C5(CC#N)CN(S(=O)(=O)CC)C5)c4)ncnc32)cc1. The van der Waals surface area contributed by atoms with E-state index < -0.39 is 27.3 Å². The van der Waals surface area contributed by atoms with Gasteiger partial charge in [-0.25, -0.2) is 27.7 Å². The number of nitriles is 1. The highest BCUT2D eigenvalue weighted by Gasteiger charge is 2.49. The van der Waals surface area contributed by atoms with E-state index in [1.165, 1.54) is 15.2 Å². The highest BCUT2D eigenvalue weighted by Crippen LogP contribution is 2.36. The van der Waals surface area contributed by atoms with Crippen LogP contribution in [0, 0.1) is 11.3 Å². The number of ether oxygens (including phenoxy) is 3. The molecule has 1 N–H and O–H groups in total. The average Bonchev–Trinajstić information content (AvgIpc) is 3.77. The minimum Gasteiger partial charge on any atom is -0.494 e. The van der Waals surface area contributed by atoms with Crippen molar-refractivity contribution in [3.05, 3.63) is 73.0 Å². The van der Waals surface area contributed by atoms with Crippen molar-refractivity contribution in [3.63, 3.8) is 0 Å². The van der Waals surface area contributed by atoms with Gasteiger partial charge in [-0.1, -0.05) is 18.7 Å². The lowest BCUT2D eigenvalue weighted by Crippen LogP contribution is -2.64. The number of rotatable bonds is 17. The van der Waals surface area contributed by atoms with Crippen LogP contribution in [0.1, 0.15) is 52.5 Å². The van der Waals surface area contributed by atoms with Crippen molar-refractivity contribution in [2.75, 3.05) is 45.2 Å². The number of nitrogens with one attached hydrogen (secondary N) is 1. The molecule has 1 fully saturated rings. The van der Waals surface area contributed by atoms with Crippen LogP contribution in [-0.4, -0.2) is 94.2 Å². The van der Waals surface area contributed by atoms with Gasteiger partial charge in [0, 0.05) is 55.2 Å². The van der Waals surface area contributed by atoms with Crippen LogP contribution in [-0.2, 0) is 35.4 Å². The number of fused-ring (bicyclic) bond motifs is 1. The van der Waals surface area contributed by atoms with Crippen LogP contribution in [0.3, 0.4) is 0 Å². The molecule has 4 heterocycles. The van der Waals surface area contributed by atoms with Crippen molar-refractivity contribution in [1.29, 1.82) is 5.26 Å². The van der Waals surface area contributed by atoms with E-state index in [0.29, 0.717) is 60.0 Å². The number of sulfonamides is 1. The van der Waals surface area contributed by atoms with Crippen molar-refractivity contribution >= 4 is 33.1 Å². The maximum atomic E-state index is 13.5. The van der Waals surface area contributed by atoms with Crippen molar-refractivity contribution in [1.82, 2.24) is 33.9 Å². The van der Waals surface area contributed by atoms with Crippen LogP contribution in [0.2, 0.25) is 0 Å². The van der Waals surface area contributed by atoms with Gasteiger partial charge in [0.1, 0.15) is 23.2 Å². The van der Waals surface area contributed by atoms with E-state index in [9.17, 15) is 23.3 Å². The van der Waals surface area contributed by atoms with Gasteiger partial charge in [0.05, 0.1) is 43.3 Å². The summed E-state index contributed by atoms with van der Waals surface area (Å²) < 4.78 is 46.4. The first kappa shape index (κ1) is 38.1. The summed E-state index contributed by atoms with van der Waals surface area (Å²) in [6.07, 6.45) is 7.36. The van der Waals surface area contributed by atoms with E-state index in [-0.39, 0.29) is 31.2 Å². The number of carbonyl (C=O) groups is 2. The van der Waals surface area contributed by atoms with Crippen molar-refractivity contribution < 1.29 is 32.2 Å². The number of aromatic nitrogens is 5. The van der Waals surface area contributed by atoms with Gasteiger partial charge >= 0.3 is 6.09 Å². The Morgan fingerprint density at radius 3 is 2.52 bits per heavy atom. The minimum absolute atomic E-state index is 0.0163. The zero-order chi connectivity index (χ0) is 37.5. The van der Waals surface area contributed by atoms with Gasteiger partial charge in [-0.2, -0.15) is 14.7 Å². The Hall–Kier alpha value is -5.11. The molecule has 1 aliphatic rings. The second-order valence-electron chi connectivity index (χ2n) is 13.2. The third-order valence-corrected chi connectivity index (χ3v) is 10.7. The number of nitrogens with zero attached hydrogens (tertiary/aromatic N) is 7. The number of unbranched alkanes of at least 4 members (excludes halogenated alkanes) is 1. The molecule has 3 aromatic heterocycles. The topological polar surface area (TPSA) is 184 Å². The smallest absolute Gasteiger partial charge is 0.420 e. The maximum absolute atomic E-state index is 13.5. The van der Waals surface area contributed by atoms with Gasteiger partial charge in [-0.05, 0) is 64.3 Å². The van der Waals surface area contributed by atoms with Gasteiger partial charge in [-0.3, -0.25) is 9.48 Å². The monoisotopic (exact) mass is 732 g/mol. The first-order chi connectivity index (χ1) is 24.8. The molecule has 0 saturated carbocycles. The Balaban J connectivity index is 1.16. The third-order valence-electron chi connectivity index (χ3n) is 8.89. The Kier molecular flexibility index (Phi) is 11.8. The number of hydrogen-bond donors (Lipinski definition) is 1. The van der Waals surface area contributed by atoms with Crippen LogP contribution >= 0.6 is 0 Å². The molecular weight excluding hydrogens is 689 g/mol. The van der Waals surface area contributed by atoms with Crippen LogP contribution in [0.15, 0.2) is 67.4 Å². The second kappa shape index (κ2) is 16.1. The molecule has 0 spiro atoms. The van der Waals surface area contributed by atoms with E-state index in [1.807, 2.05) is 24.3 Å². The number of amides is 1. The Labute approximate surface area is 303 Å². The summed E-state index contributed by atoms with van der Waals surface area (Å²) in [4.78, 5) is 33.8. The largest absolute Gasteiger partial charge is 0.494 e. The molecule has 0 bridgehead atoms. The van der Waals surface area contributed by atoms with Gasteiger partial charge in [-0.15, -0.1) is 0 Å². The van der Waals surface area contributed by atoms with E-state index in [1.54, 1.807) is 57.0 Å². The molecule has 16 heteroatoms. The predicted octanol–water partition coefficient (Wildman–Crippen LogP) is 4.36. The highest BCUT2D eigenvalue weighted by molar-refractivity contribution is 7.89. The van der Waals surface area contributed by atoms with Gasteiger partial charge in [0.25, 0.3) is 0 Å². The lowest BCUT2D eigenvalue weighted by molar-refractivity contribution is -0.117. The Morgan fingerprint density at radius 1 is 1.10 bits per heavy atom. The molecule has 276 valence electrons. The van der Waals surface area contributed by atoms with Gasteiger partial charge < -0.3 is 19.5 Å². The summed E-state index contributed by atoms with van der Waals surface area (Å²) in [6, 6.07) is 11.3. The predicted molar refractivity (Wildman–Crippen MR) is 193 cm³/mol. The summed E-state index contributed by atoms with van der Waals surface area (Å²) in [7, 11) is -3.39. The molecule has 1 saturated heterocycles. The maximum Gasteiger partial charge on any atom is 0.420 e. The number of carbonyl (C=O) groups excluding carboxylic acids is 2. The van der Waals surface area contributed by atoms with E-state index in [2.05, 4.69) is 33.0 Å². The normalized spacial score (nSPS) is 14.4. The molecule has 5 rings (SSSR count). The third kappa shape index (κ3) is 8.50. The van der Waals surface area contributed by atoms with E-state index >= 15 is 0 Å². The average molecular weight is 733 g/mol.